The van der Waals surface area contributed by atoms with Gasteiger partial charge in [0.2, 0.25) is 5.91 Å². The van der Waals surface area contributed by atoms with Gasteiger partial charge < -0.3 is 25.4 Å². The number of aromatic nitrogens is 2. The van der Waals surface area contributed by atoms with Crippen molar-refractivity contribution in [3.8, 4) is 11.5 Å². The minimum atomic E-state index is -0.606. The van der Waals surface area contributed by atoms with Gasteiger partial charge in [-0.05, 0) is 25.5 Å². The first-order valence-electron chi connectivity index (χ1n) is 10.5. The number of hydrogen-bond acceptors (Lipinski definition) is 7. The summed E-state index contributed by atoms with van der Waals surface area (Å²) in [5, 5.41) is 2.81. The first kappa shape index (κ1) is 22.3. The predicted molar refractivity (Wildman–Crippen MR) is 118 cm³/mol. The fraction of sp³-hybridized carbons (Fsp3) is 0.476. The molecule has 10 nitrogen and oxygen atoms in total. The van der Waals surface area contributed by atoms with Gasteiger partial charge in [-0.1, -0.05) is 25.5 Å². The number of unbranched alkanes of at least 4 members (excludes halogenated alkanes) is 1. The Morgan fingerprint density at radius 2 is 2.03 bits per heavy atom. The van der Waals surface area contributed by atoms with Crippen molar-refractivity contribution in [2.24, 2.45) is 0 Å². The number of nitrogens with zero attached hydrogens (tertiary/aromatic N) is 2. The van der Waals surface area contributed by atoms with Gasteiger partial charge in [-0.25, -0.2) is 4.79 Å². The largest absolute Gasteiger partial charge is 0.486 e. The molecule has 10 heteroatoms. The molecule has 0 unspecified atom stereocenters. The molecule has 0 saturated heterocycles. The van der Waals surface area contributed by atoms with Gasteiger partial charge in [0.25, 0.3) is 5.56 Å². The Balaban J connectivity index is 1.65. The van der Waals surface area contributed by atoms with Crippen molar-refractivity contribution in [1.29, 1.82) is 0 Å². The fourth-order valence-electron chi connectivity index (χ4n) is 3.39. The number of rotatable bonds is 9. The van der Waals surface area contributed by atoms with Gasteiger partial charge in [-0.15, -0.1) is 0 Å². The fourth-order valence-corrected chi connectivity index (χ4v) is 3.39. The van der Waals surface area contributed by atoms with Crippen LogP contribution in [0, 0.1) is 0 Å². The molecule has 1 aliphatic heterocycles. The van der Waals surface area contributed by atoms with E-state index in [0.717, 1.165) is 12.8 Å². The number of likely N-dealkylation sites (N-methyl/N-ethyl adjacent to an activating group) is 1. The maximum atomic E-state index is 12.5. The van der Waals surface area contributed by atoms with Gasteiger partial charge in [0, 0.05) is 13.1 Å². The molecule has 1 atom stereocenters. The molecular weight excluding hydrogens is 402 g/mol. The highest BCUT2D eigenvalue weighted by molar-refractivity contribution is 5.82. The van der Waals surface area contributed by atoms with E-state index in [0.29, 0.717) is 31.2 Å². The Hall–Kier alpha value is -3.43. The number of ether oxygens (including phenoxy) is 2. The van der Waals surface area contributed by atoms with Crippen LogP contribution in [0.25, 0.3) is 0 Å². The van der Waals surface area contributed by atoms with E-state index in [1.165, 1.54) is 4.57 Å². The van der Waals surface area contributed by atoms with Crippen LogP contribution in [0.4, 0.5) is 11.5 Å². The molecule has 4 N–H and O–H groups in total. The van der Waals surface area contributed by atoms with Crippen molar-refractivity contribution >= 4 is 17.4 Å². The molecule has 0 fully saturated rings. The van der Waals surface area contributed by atoms with Crippen molar-refractivity contribution in [3.63, 3.8) is 0 Å². The van der Waals surface area contributed by atoms with E-state index in [9.17, 15) is 14.4 Å². The number of amides is 1. The van der Waals surface area contributed by atoms with Gasteiger partial charge in [0.15, 0.2) is 11.5 Å². The van der Waals surface area contributed by atoms with Crippen molar-refractivity contribution < 1.29 is 14.3 Å². The van der Waals surface area contributed by atoms with Crippen LogP contribution in [0.3, 0.4) is 0 Å². The first-order valence-corrected chi connectivity index (χ1v) is 10.5. The zero-order valence-electron chi connectivity index (χ0n) is 17.8. The predicted octanol–water partition coefficient (Wildman–Crippen LogP) is 0.701. The topological polar surface area (TPSA) is 132 Å². The number of nitrogens with one attached hydrogen (secondary N) is 2. The summed E-state index contributed by atoms with van der Waals surface area (Å²) >= 11 is 0. The summed E-state index contributed by atoms with van der Waals surface area (Å²) < 4.78 is 12.8. The second kappa shape index (κ2) is 10.1. The van der Waals surface area contributed by atoms with E-state index in [1.54, 1.807) is 4.90 Å². The number of para-hydroxylation sites is 2. The number of benzene rings is 1. The third-order valence-electron chi connectivity index (χ3n) is 5.08. The molecule has 0 aliphatic carbocycles. The summed E-state index contributed by atoms with van der Waals surface area (Å²) in [6.07, 6.45) is 1.30. The van der Waals surface area contributed by atoms with E-state index in [2.05, 4.69) is 10.3 Å². The molecule has 0 bridgehead atoms. The summed E-state index contributed by atoms with van der Waals surface area (Å²) in [4.78, 5) is 41.0. The van der Waals surface area contributed by atoms with Crippen LogP contribution in [-0.2, 0) is 11.3 Å². The minimum absolute atomic E-state index is 0.0671. The highest BCUT2D eigenvalue weighted by atomic mass is 16.6. The zero-order valence-corrected chi connectivity index (χ0v) is 17.8. The zero-order chi connectivity index (χ0) is 22.4. The molecular formula is C21H29N5O5. The van der Waals surface area contributed by atoms with E-state index < -0.39 is 11.2 Å². The van der Waals surface area contributed by atoms with Crippen LogP contribution in [0.5, 0.6) is 11.5 Å². The quantitative estimate of drug-likeness (QED) is 0.532. The van der Waals surface area contributed by atoms with Crippen molar-refractivity contribution in [2.45, 2.75) is 39.3 Å². The number of carbonyl (C=O) groups is 1. The summed E-state index contributed by atoms with van der Waals surface area (Å²) in [6.45, 7) is 5.06. The molecule has 1 amide bonds. The highest BCUT2D eigenvalue weighted by Gasteiger charge is 2.23. The summed E-state index contributed by atoms with van der Waals surface area (Å²) in [7, 11) is 0. The number of nitrogens with two attached hydrogens (primary N) is 1. The normalized spacial score (nSPS) is 14.8. The monoisotopic (exact) mass is 431 g/mol. The molecule has 1 aromatic carbocycles. The Morgan fingerprint density at radius 1 is 1.29 bits per heavy atom. The van der Waals surface area contributed by atoms with Crippen molar-refractivity contribution in [3.05, 3.63) is 45.1 Å². The number of aromatic amines is 1. The standard InChI is InChI=1S/C21H29N5O5/c1-3-5-10-26-19(22)18(20(28)24-21(26)29)25(4-2)12-17(27)23-11-14-13-30-15-8-6-7-9-16(15)31-14/h6-9,14H,3-5,10-13,22H2,1-2H3,(H,23,27)(H,24,28,29)/t14-/m1/s1. The van der Waals surface area contributed by atoms with Crippen LogP contribution in [0.15, 0.2) is 33.9 Å². The Kier molecular flexibility index (Phi) is 7.22. The third kappa shape index (κ3) is 5.19. The Morgan fingerprint density at radius 3 is 2.74 bits per heavy atom. The second-order valence-electron chi connectivity index (χ2n) is 7.31. The van der Waals surface area contributed by atoms with Crippen LogP contribution in [-0.4, -0.2) is 47.8 Å². The molecule has 0 saturated carbocycles. The Labute approximate surface area is 180 Å². The van der Waals surface area contributed by atoms with E-state index in [4.69, 9.17) is 15.2 Å². The van der Waals surface area contributed by atoms with Crippen LogP contribution >= 0.6 is 0 Å². The van der Waals surface area contributed by atoms with Crippen molar-refractivity contribution in [2.75, 3.05) is 36.9 Å². The van der Waals surface area contributed by atoms with Gasteiger partial charge in [-0.2, -0.15) is 0 Å². The first-order chi connectivity index (χ1) is 14.9. The lowest BCUT2D eigenvalue weighted by Crippen LogP contribution is -2.46. The van der Waals surface area contributed by atoms with Gasteiger partial charge >= 0.3 is 5.69 Å². The molecule has 2 heterocycles. The minimum Gasteiger partial charge on any atom is -0.486 e. The van der Waals surface area contributed by atoms with Gasteiger partial charge in [0.1, 0.15) is 24.2 Å². The molecule has 1 aliphatic rings. The maximum absolute atomic E-state index is 12.5. The highest BCUT2D eigenvalue weighted by Crippen LogP contribution is 2.30. The summed E-state index contributed by atoms with van der Waals surface area (Å²) in [5.74, 6) is 1.08. The average molecular weight is 431 g/mol. The molecule has 3 rings (SSSR count). The number of carbonyl (C=O) groups excluding carboxylic acids is 1. The van der Waals surface area contributed by atoms with E-state index in [-0.39, 0.29) is 36.6 Å². The molecule has 0 radical (unpaired) electrons. The number of H-pyrrole nitrogens is 1. The van der Waals surface area contributed by atoms with Crippen LogP contribution in [0.1, 0.15) is 26.7 Å². The number of anilines is 2. The van der Waals surface area contributed by atoms with Gasteiger partial charge in [0.05, 0.1) is 13.1 Å². The number of fused-ring (bicyclic) bond motifs is 1. The lowest BCUT2D eigenvalue weighted by molar-refractivity contribution is -0.120. The lowest BCUT2D eigenvalue weighted by Gasteiger charge is -2.27. The molecule has 31 heavy (non-hydrogen) atoms. The number of nitrogen functional groups attached to an aromatic ring is 1. The molecule has 168 valence electrons. The smallest absolute Gasteiger partial charge is 0.330 e. The van der Waals surface area contributed by atoms with E-state index >= 15 is 0 Å². The lowest BCUT2D eigenvalue weighted by atomic mass is 10.2. The SMILES string of the molecule is CCCCn1c(N)c(N(CC)CC(=O)NC[C@@H]2COc3ccccc3O2)c(=O)[nH]c1=O. The molecule has 1 aromatic heterocycles. The van der Waals surface area contributed by atoms with Crippen molar-refractivity contribution in [1.82, 2.24) is 14.9 Å². The maximum Gasteiger partial charge on any atom is 0.330 e. The Bertz CT molecular complexity index is 1030. The molecule has 2 aromatic rings. The van der Waals surface area contributed by atoms with Crippen LogP contribution < -0.4 is 36.7 Å². The third-order valence-corrected chi connectivity index (χ3v) is 5.08. The van der Waals surface area contributed by atoms with Crippen LogP contribution in [0.2, 0.25) is 0 Å². The summed E-state index contributed by atoms with van der Waals surface area (Å²) in [6, 6.07) is 7.35. The number of hydrogen-bond donors (Lipinski definition) is 3. The van der Waals surface area contributed by atoms with Gasteiger partial charge in [-0.3, -0.25) is 19.1 Å². The molecule has 0 spiro atoms. The average Bonchev–Trinajstić information content (AvgIpc) is 2.76. The van der Waals surface area contributed by atoms with E-state index in [1.807, 2.05) is 38.1 Å². The summed E-state index contributed by atoms with van der Waals surface area (Å²) in [5.41, 5.74) is 5.12. The second-order valence-corrected chi connectivity index (χ2v) is 7.31.